The molecule has 1 aliphatic rings. The fourth-order valence-electron chi connectivity index (χ4n) is 4.30. The molecule has 1 fully saturated rings. The first-order valence-corrected chi connectivity index (χ1v) is 10.2. The molecule has 0 radical (unpaired) electrons. The molecular formula is C23H22N4O3. The van der Waals surface area contributed by atoms with Gasteiger partial charge in [-0.1, -0.05) is 43.5 Å². The Balaban J connectivity index is 1.48. The van der Waals surface area contributed by atoms with Crippen LogP contribution in [0.1, 0.15) is 54.8 Å². The number of fused-ring (bicyclic) bond motifs is 2. The molecule has 2 aromatic carbocycles. The smallest absolute Gasteiger partial charge is 0.323 e. The molecule has 4 N–H and O–H groups in total. The number of H-pyrrole nitrogens is 3. The van der Waals surface area contributed by atoms with Gasteiger partial charge in [0, 0.05) is 11.6 Å². The Hall–Kier alpha value is -3.61. The maximum Gasteiger partial charge on any atom is 0.323 e. The van der Waals surface area contributed by atoms with Crippen LogP contribution in [0.15, 0.2) is 46.0 Å². The van der Waals surface area contributed by atoms with E-state index in [0.29, 0.717) is 33.5 Å². The van der Waals surface area contributed by atoms with Crippen LogP contribution in [0.2, 0.25) is 0 Å². The highest BCUT2D eigenvalue weighted by Crippen LogP contribution is 2.33. The number of aromatic nitrogens is 4. The third kappa shape index (κ3) is 3.43. The molecule has 4 aromatic rings. The minimum absolute atomic E-state index is 0.0151. The van der Waals surface area contributed by atoms with Crippen LogP contribution >= 0.6 is 0 Å². The van der Waals surface area contributed by atoms with Crippen LogP contribution in [-0.4, -0.2) is 25.0 Å². The highest BCUT2D eigenvalue weighted by atomic mass is 16.3. The summed E-state index contributed by atoms with van der Waals surface area (Å²) in [7, 11) is 0. The van der Waals surface area contributed by atoms with Crippen LogP contribution in [-0.2, 0) is 0 Å². The Bertz CT molecular complexity index is 1370. The maximum atomic E-state index is 12.4. The van der Waals surface area contributed by atoms with Crippen molar-refractivity contribution in [1.82, 2.24) is 19.9 Å². The monoisotopic (exact) mass is 402 g/mol. The molecule has 0 amide bonds. The summed E-state index contributed by atoms with van der Waals surface area (Å²) >= 11 is 0. The van der Waals surface area contributed by atoms with Gasteiger partial charge in [-0.15, -0.1) is 0 Å². The van der Waals surface area contributed by atoms with Gasteiger partial charge in [0.05, 0.1) is 22.1 Å². The first-order chi connectivity index (χ1) is 14.6. The Morgan fingerprint density at radius 2 is 1.63 bits per heavy atom. The van der Waals surface area contributed by atoms with E-state index in [4.69, 9.17) is 0 Å². The van der Waals surface area contributed by atoms with Gasteiger partial charge in [-0.3, -0.25) is 4.79 Å². The zero-order chi connectivity index (χ0) is 20.7. The quantitative estimate of drug-likeness (QED) is 0.385. The highest BCUT2D eigenvalue weighted by molar-refractivity contribution is 5.91. The van der Waals surface area contributed by atoms with E-state index >= 15 is 0 Å². The number of rotatable bonds is 3. The summed E-state index contributed by atoms with van der Waals surface area (Å²) in [5, 5.41) is 10.6. The lowest BCUT2D eigenvalue weighted by Gasteiger charge is -2.22. The van der Waals surface area contributed by atoms with Crippen LogP contribution in [0.5, 0.6) is 0 Å². The fraction of sp³-hybridized carbons (Fsp3) is 0.261. The highest BCUT2D eigenvalue weighted by Gasteiger charge is 2.15. The van der Waals surface area contributed by atoms with Gasteiger partial charge in [0.15, 0.2) is 0 Å². The van der Waals surface area contributed by atoms with E-state index in [1.807, 2.05) is 12.1 Å². The van der Waals surface area contributed by atoms with Crippen molar-refractivity contribution in [1.29, 1.82) is 0 Å². The fourth-order valence-corrected chi connectivity index (χ4v) is 4.30. The molecule has 2 aromatic heterocycles. The molecule has 7 nitrogen and oxygen atoms in total. The summed E-state index contributed by atoms with van der Waals surface area (Å²) < 4.78 is 0. The van der Waals surface area contributed by atoms with Gasteiger partial charge in [0.1, 0.15) is 11.5 Å². The second-order valence-corrected chi connectivity index (χ2v) is 7.93. The second-order valence-electron chi connectivity index (χ2n) is 7.93. The zero-order valence-electron chi connectivity index (χ0n) is 16.4. The van der Waals surface area contributed by atoms with E-state index in [1.165, 1.54) is 43.7 Å². The lowest BCUT2D eigenvalue weighted by molar-refractivity contribution is 0.443. The van der Waals surface area contributed by atoms with E-state index in [1.54, 1.807) is 12.1 Å². The van der Waals surface area contributed by atoms with Crippen molar-refractivity contribution >= 4 is 33.9 Å². The molecule has 30 heavy (non-hydrogen) atoms. The van der Waals surface area contributed by atoms with Gasteiger partial charge >= 0.3 is 5.69 Å². The van der Waals surface area contributed by atoms with Crippen molar-refractivity contribution in [2.45, 2.75) is 38.0 Å². The Labute approximate surface area is 171 Å². The molecule has 1 saturated carbocycles. The molecule has 7 heteroatoms. The van der Waals surface area contributed by atoms with Crippen LogP contribution in [0.3, 0.4) is 0 Å². The first kappa shape index (κ1) is 18.4. The number of benzene rings is 2. The minimum Gasteiger partial charge on any atom is -0.507 e. The largest absolute Gasteiger partial charge is 0.507 e. The summed E-state index contributed by atoms with van der Waals surface area (Å²) in [5.41, 5.74) is 3.54. The van der Waals surface area contributed by atoms with Crippen molar-refractivity contribution < 1.29 is 5.11 Å². The standard InChI is InChI=1S/C23H22N4O3/c28-21(15-8-6-14(7-9-15)13-4-2-1-3-5-13)12-20-22(29)25-17-11-19-18(10-16(17)24-20)26-23(30)27-19/h6-13,28H,1-5H2,(H,25,29)(H2,26,27,30)/b21-12-. The van der Waals surface area contributed by atoms with Gasteiger partial charge in [0.2, 0.25) is 0 Å². The van der Waals surface area contributed by atoms with Crippen LogP contribution < -0.4 is 11.2 Å². The zero-order valence-corrected chi connectivity index (χ0v) is 16.4. The van der Waals surface area contributed by atoms with Crippen molar-refractivity contribution in [2.75, 3.05) is 0 Å². The Morgan fingerprint density at radius 1 is 0.933 bits per heavy atom. The lowest BCUT2D eigenvalue weighted by atomic mass is 9.84. The molecule has 0 unspecified atom stereocenters. The SMILES string of the molecule is O=c1[nH]c2cc3nc(/C=C(\O)c4ccc(C5CCCCC5)cc4)c(=O)[nH]c3cc2[nH]1. The van der Waals surface area contributed by atoms with Crippen LogP contribution in [0.4, 0.5) is 0 Å². The summed E-state index contributed by atoms with van der Waals surface area (Å²) in [6, 6.07) is 11.2. The predicted octanol–water partition coefficient (Wildman–Crippen LogP) is 4.20. The molecular weight excluding hydrogens is 380 g/mol. The average molecular weight is 402 g/mol. The van der Waals surface area contributed by atoms with E-state index < -0.39 is 5.56 Å². The van der Waals surface area contributed by atoms with E-state index in [0.717, 1.165) is 0 Å². The van der Waals surface area contributed by atoms with Crippen molar-refractivity contribution in [3.05, 3.63) is 74.1 Å². The summed E-state index contributed by atoms with van der Waals surface area (Å²) in [4.78, 5) is 36.4. The van der Waals surface area contributed by atoms with E-state index in [9.17, 15) is 14.7 Å². The number of hydrogen-bond donors (Lipinski definition) is 4. The molecule has 0 atom stereocenters. The predicted molar refractivity (Wildman–Crippen MR) is 118 cm³/mol. The normalized spacial score (nSPS) is 15.8. The van der Waals surface area contributed by atoms with Gasteiger partial charge in [-0.25, -0.2) is 9.78 Å². The molecule has 1 aliphatic carbocycles. The van der Waals surface area contributed by atoms with Gasteiger partial charge in [0.25, 0.3) is 5.56 Å². The van der Waals surface area contributed by atoms with Gasteiger partial charge in [-0.2, -0.15) is 0 Å². The van der Waals surface area contributed by atoms with Crippen LogP contribution in [0, 0.1) is 0 Å². The number of nitrogens with one attached hydrogen (secondary N) is 3. The average Bonchev–Trinajstić information content (AvgIpc) is 3.12. The van der Waals surface area contributed by atoms with Gasteiger partial charge in [-0.05, 0) is 36.5 Å². The maximum absolute atomic E-state index is 12.4. The Morgan fingerprint density at radius 3 is 2.37 bits per heavy atom. The summed E-state index contributed by atoms with van der Waals surface area (Å²) in [6.45, 7) is 0. The number of aliphatic hydroxyl groups excluding tert-OH is 1. The molecule has 0 saturated heterocycles. The third-order valence-corrected chi connectivity index (χ3v) is 5.91. The number of aromatic amines is 3. The summed E-state index contributed by atoms with van der Waals surface area (Å²) in [6.07, 6.45) is 7.68. The first-order valence-electron chi connectivity index (χ1n) is 10.2. The minimum atomic E-state index is -0.412. The van der Waals surface area contributed by atoms with Gasteiger partial charge < -0.3 is 20.1 Å². The molecule has 0 spiro atoms. The number of imidazole rings is 1. The Kier molecular flexibility index (Phi) is 4.50. The summed E-state index contributed by atoms with van der Waals surface area (Å²) in [5.74, 6) is 0.583. The second kappa shape index (κ2) is 7.33. The number of nitrogens with zero attached hydrogens (tertiary/aromatic N) is 1. The topological polar surface area (TPSA) is 115 Å². The third-order valence-electron chi connectivity index (χ3n) is 5.91. The van der Waals surface area contributed by atoms with Crippen molar-refractivity contribution in [2.24, 2.45) is 0 Å². The molecule has 5 rings (SSSR count). The molecule has 2 heterocycles. The number of hydrogen-bond acceptors (Lipinski definition) is 4. The number of aliphatic hydroxyl groups is 1. The molecule has 152 valence electrons. The molecule has 0 bridgehead atoms. The lowest BCUT2D eigenvalue weighted by Crippen LogP contribution is -2.12. The van der Waals surface area contributed by atoms with E-state index in [2.05, 4.69) is 32.1 Å². The van der Waals surface area contributed by atoms with E-state index in [-0.39, 0.29) is 17.1 Å². The van der Waals surface area contributed by atoms with Crippen molar-refractivity contribution in [3.63, 3.8) is 0 Å². The van der Waals surface area contributed by atoms with Crippen LogP contribution in [0.25, 0.3) is 33.9 Å². The molecule has 0 aliphatic heterocycles. The van der Waals surface area contributed by atoms with Crippen molar-refractivity contribution in [3.8, 4) is 0 Å².